The molecule has 1 amide bonds. The molecule has 1 aliphatic rings. The van der Waals surface area contributed by atoms with Gasteiger partial charge in [0.2, 0.25) is 5.91 Å². The second-order valence-corrected chi connectivity index (χ2v) is 10.3. The van der Waals surface area contributed by atoms with E-state index in [1.807, 2.05) is 0 Å². The quantitative estimate of drug-likeness (QED) is 0.370. The topological polar surface area (TPSA) is 105 Å². The fraction of sp³-hybridized carbons (Fsp3) is 0.250. The molecule has 10 heteroatoms. The monoisotopic (exact) mass is 497 g/mol. The number of hydrogen-bond acceptors (Lipinski definition) is 5. The molecule has 0 aliphatic heterocycles. The third kappa shape index (κ3) is 5.78. The molecule has 0 saturated heterocycles. The molecule has 1 heterocycles. The van der Waals surface area contributed by atoms with Crippen LogP contribution in [0.4, 0.5) is 5.69 Å². The number of carbonyl (C=O) groups excluding carboxylic acids is 1. The summed E-state index contributed by atoms with van der Waals surface area (Å²) in [6.07, 6.45) is 6.66. The van der Waals surface area contributed by atoms with Gasteiger partial charge in [-0.25, -0.2) is 9.97 Å². The van der Waals surface area contributed by atoms with Crippen LogP contribution in [-0.4, -0.2) is 49.6 Å². The number of rotatable bonds is 8. The molecule has 34 heavy (non-hydrogen) atoms. The molecular weight excluding hydrogens is 474 g/mol. The highest BCUT2D eigenvalue weighted by molar-refractivity contribution is 7.90. The zero-order valence-corrected chi connectivity index (χ0v) is 20.3. The van der Waals surface area contributed by atoms with Crippen molar-refractivity contribution < 1.29 is 13.2 Å². The van der Waals surface area contributed by atoms with E-state index in [0.717, 1.165) is 18.7 Å². The Labute approximate surface area is 203 Å². The van der Waals surface area contributed by atoms with Gasteiger partial charge >= 0.3 is 0 Å². The van der Waals surface area contributed by atoms with Crippen molar-refractivity contribution >= 4 is 39.6 Å². The third-order valence-electron chi connectivity index (χ3n) is 5.19. The molecule has 2 aromatic carbocycles. The average molecular weight is 498 g/mol. The molecule has 176 valence electrons. The highest BCUT2D eigenvalue weighted by Gasteiger charge is 2.27. The Morgan fingerprint density at radius 1 is 1.18 bits per heavy atom. The largest absolute Gasteiger partial charge is 0.368 e. The number of aromatic nitrogens is 2. The zero-order valence-electron chi connectivity index (χ0n) is 18.8. The summed E-state index contributed by atoms with van der Waals surface area (Å²) >= 11 is 6.15. The van der Waals surface area contributed by atoms with E-state index in [1.54, 1.807) is 62.9 Å². The van der Waals surface area contributed by atoms with Crippen molar-refractivity contribution in [3.63, 3.8) is 0 Å². The van der Waals surface area contributed by atoms with Crippen LogP contribution in [0, 0.1) is 0 Å². The molecule has 0 radical (unpaired) electrons. The Hall–Kier alpha value is -3.30. The number of nitrogens with zero attached hydrogens (tertiary/aromatic N) is 4. The molecule has 8 nitrogen and oxygen atoms in total. The zero-order chi connectivity index (χ0) is 24.3. The lowest BCUT2D eigenvalue weighted by molar-refractivity contribution is -0.115. The van der Waals surface area contributed by atoms with Crippen molar-refractivity contribution in [1.82, 2.24) is 14.9 Å². The van der Waals surface area contributed by atoms with Crippen molar-refractivity contribution in [1.29, 1.82) is 0 Å². The molecule has 1 N–H and O–H groups in total. The molecule has 4 rings (SSSR count). The van der Waals surface area contributed by atoms with Gasteiger partial charge in [-0.3, -0.25) is 4.79 Å². The molecule has 1 saturated carbocycles. The fourth-order valence-electron chi connectivity index (χ4n) is 3.31. The average Bonchev–Trinajstić information content (AvgIpc) is 3.65. The molecule has 1 aliphatic carbocycles. The van der Waals surface area contributed by atoms with Gasteiger partial charge in [-0.2, -0.15) is 8.42 Å². The third-order valence-corrected chi connectivity index (χ3v) is 6.83. The van der Waals surface area contributed by atoms with Crippen molar-refractivity contribution in [2.75, 3.05) is 19.4 Å². The van der Waals surface area contributed by atoms with Crippen LogP contribution in [0.25, 0.3) is 11.1 Å². The number of amides is 1. The maximum absolute atomic E-state index is 13.1. The van der Waals surface area contributed by atoms with Crippen LogP contribution in [-0.2, 0) is 21.2 Å². The van der Waals surface area contributed by atoms with E-state index >= 15 is 0 Å². The molecule has 3 aromatic rings. The summed E-state index contributed by atoms with van der Waals surface area (Å²) in [5, 5.41) is 3.24. The summed E-state index contributed by atoms with van der Waals surface area (Å²) in [6, 6.07) is 11.7. The van der Waals surface area contributed by atoms with Crippen LogP contribution in [0.5, 0.6) is 0 Å². The number of anilines is 1. The molecule has 1 fully saturated rings. The Morgan fingerprint density at radius 2 is 1.88 bits per heavy atom. The van der Waals surface area contributed by atoms with Gasteiger partial charge in [-0.1, -0.05) is 35.9 Å². The van der Waals surface area contributed by atoms with Gasteiger partial charge in [0.1, 0.15) is 12.2 Å². The highest BCUT2D eigenvalue weighted by atomic mass is 35.5. The first kappa shape index (κ1) is 23.8. The molecule has 0 bridgehead atoms. The number of hydrogen-bond donors (Lipinski definition) is 1. The van der Waals surface area contributed by atoms with Crippen LogP contribution in [0.2, 0.25) is 5.02 Å². The predicted molar refractivity (Wildman–Crippen MR) is 133 cm³/mol. The van der Waals surface area contributed by atoms with E-state index in [9.17, 15) is 13.2 Å². The van der Waals surface area contributed by atoms with Crippen LogP contribution < -0.4 is 5.32 Å². The Bertz CT molecular complexity index is 1340. The molecular formula is C24H24ClN5O3S. The number of halogens is 1. The highest BCUT2D eigenvalue weighted by Crippen LogP contribution is 2.38. The van der Waals surface area contributed by atoms with Crippen molar-refractivity contribution in [2.45, 2.75) is 30.1 Å². The number of benzene rings is 2. The number of sulfonamides is 1. The lowest BCUT2D eigenvalue weighted by Gasteiger charge is -2.12. The van der Waals surface area contributed by atoms with Gasteiger partial charge in [-0.15, -0.1) is 4.40 Å². The minimum atomic E-state index is -4.07. The first-order valence-electron chi connectivity index (χ1n) is 10.7. The predicted octanol–water partition coefficient (Wildman–Crippen LogP) is 4.13. The Balaban J connectivity index is 1.66. The van der Waals surface area contributed by atoms with Gasteiger partial charge in [0.15, 0.2) is 0 Å². The summed E-state index contributed by atoms with van der Waals surface area (Å²) in [5.41, 5.74) is 1.96. The van der Waals surface area contributed by atoms with E-state index in [1.165, 1.54) is 17.3 Å². The maximum atomic E-state index is 13.1. The van der Waals surface area contributed by atoms with Crippen LogP contribution in [0.1, 0.15) is 30.1 Å². The summed E-state index contributed by atoms with van der Waals surface area (Å²) < 4.78 is 30.0. The SMILES string of the molecule is CN(C)C=NS(=O)(=O)c1cc(NC(=O)Cc2ccccc2Cl)ccc1-c1cnc(C2CC2)nc1. The minimum absolute atomic E-state index is 0.0519. The van der Waals surface area contributed by atoms with E-state index in [0.29, 0.717) is 33.3 Å². The molecule has 0 unspecified atom stereocenters. The fourth-order valence-corrected chi connectivity index (χ4v) is 4.68. The molecule has 0 atom stereocenters. The van der Waals surface area contributed by atoms with Gasteiger partial charge in [-0.05, 0) is 36.6 Å². The lowest BCUT2D eigenvalue weighted by Crippen LogP contribution is -2.15. The van der Waals surface area contributed by atoms with E-state index in [4.69, 9.17) is 11.6 Å². The summed E-state index contributed by atoms with van der Waals surface area (Å²) in [4.78, 5) is 22.9. The van der Waals surface area contributed by atoms with Crippen molar-refractivity contribution in [3.8, 4) is 11.1 Å². The van der Waals surface area contributed by atoms with Gasteiger partial charge in [0, 0.05) is 54.2 Å². The summed E-state index contributed by atoms with van der Waals surface area (Å²) in [7, 11) is -0.720. The summed E-state index contributed by atoms with van der Waals surface area (Å²) in [6.45, 7) is 0. The lowest BCUT2D eigenvalue weighted by atomic mass is 10.1. The number of carbonyl (C=O) groups is 1. The standard InChI is InChI=1S/C24H24ClN5O3S/c1-30(2)15-28-34(32,33)22-12-19(29-23(31)11-17-5-3-4-6-21(17)25)9-10-20(22)18-13-26-24(27-14-18)16-7-8-16/h3-6,9-10,12-16H,7-8,11H2,1-2H3,(H,29,31). The van der Waals surface area contributed by atoms with Crippen molar-refractivity contribution in [2.24, 2.45) is 4.40 Å². The van der Waals surface area contributed by atoms with Crippen LogP contribution >= 0.6 is 11.6 Å². The maximum Gasteiger partial charge on any atom is 0.284 e. The summed E-state index contributed by atoms with van der Waals surface area (Å²) in [5.74, 6) is 0.831. The van der Waals surface area contributed by atoms with Gasteiger partial charge < -0.3 is 10.2 Å². The molecule has 0 spiro atoms. The van der Waals surface area contributed by atoms with Crippen molar-refractivity contribution in [3.05, 3.63) is 71.3 Å². The van der Waals surface area contributed by atoms with E-state index in [2.05, 4.69) is 19.7 Å². The van der Waals surface area contributed by atoms with E-state index < -0.39 is 10.0 Å². The second-order valence-electron chi connectivity index (χ2n) is 8.29. The van der Waals surface area contributed by atoms with Gasteiger partial charge in [0.25, 0.3) is 10.0 Å². The first-order valence-corrected chi connectivity index (χ1v) is 12.5. The number of nitrogens with one attached hydrogen (secondary N) is 1. The Morgan fingerprint density at radius 3 is 2.53 bits per heavy atom. The smallest absolute Gasteiger partial charge is 0.284 e. The second kappa shape index (κ2) is 9.90. The Kier molecular flexibility index (Phi) is 6.95. The first-order chi connectivity index (χ1) is 16.2. The molecule has 1 aromatic heterocycles. The van der Waals surface area contributed by atoms with E-state index in [-0.39, 0.29) is 17.2 Å². The minimum Gasteiger partial charge on any atom is -0.368 e. The normalized spacial score (nSPS) is 13.7. The van der Waals surface area contributed by atoms with Crippen LogP contribution in [0.3, 0.4) is 0 Å². The van der Waals surface area contributed by atoms with Gasteiger partial charge in [0.05, 0.1) is 11.3 Å². The van der Waals surface area contributed by atoms with Crippen LogP contribution in [0.15, 0.2) is 64.2 Å².